The molecule has 2 fully saturated rings. The Morgan fingerprint density at radius 1 is 1.51 bits per heavy atom. The molecular formula is C17H16BrN7O6S4. The highest BCUT2D eigenvalue weighted by molar-refractivity contribution is 9.11. The van der Waals surface area contributed by atoms with Crippen LogP contribution >= 0.6 is 62.1 Å². The molecule has 2 aromatic rings. The number of thiazole rings is 1. The number of aliphatic carboxylic acids is 1. The molecule has 186 valence electrons. The number of β-lactam (4-membered cyclic amide) rings is 1. The molecule has 3 N–H and O–H groups in total. The average molecular weight is 623 g/mol. The van der Waals surface area contributed by atoms with E-state index in [0.717, 1.165) is 11.3 Å². The van der Waals surface area contributed by atoms with Crippen LogP contribution in [0, 0.1) is 5.41 Å². The molecule has 0 saturated carbocycles. The molecule has 3 amide bonds. The number of hydrogen-bond donors (Lipinski definition) is 3. The van der Waals surface area contributed by atoms with Crippen molar-refractivity contribution >= 4 is 97.2 Å². The van der Waals surface area contributed by atoms with Gasteiger partial charge in [-0.05, 0) is 15.9 Å². The third-order valence-corrected chi connectivity index (χ3v) is 10.5. The van der Waals surface area contributed by atoms with Gasteiger partial charge >= 0.3 is 5.97 Å². The number of nitrogens with zero attached hydrogens (tertiary/aromatic N) is 5. The summed E-state index contributed by atoms with van der Waals surface area (Å²) in [4.78, 5) is 59.1. The van der Waals surface area contributed by atoms with Crippen molar-refractivity contribution in [1.82, 2.24) is 25.4 Å². The lowest BCUT2D eigenvalue weighted by atomic mass is 9.89. The van der Waals surface area contributed by atoms with Gasteiger partial charge in [-0.15, -0.1) is 22.0 Å². The number of nitrogens with one attached hydrogen (secondary N) is 2. The van der Waals surface area contributed by atoms with Gasteiger partial charge in [0.05, 0.1) is 0 Å². The summed E-state index contributed by atoms with van der Waals surface area (Å²) in [5.74, 6) is -1.59. The number of carbonyl (C=O) groups excluding carboxylic acids is 3. The van der Waals surface area contributed by atoms with Crippen LogP contribution in [0.1, 0.15) is 5.69 Å². The summed E-state index contributed by atoms with van der Waals surface area (Å²) in [5.41, 5.74) is 0.365. The molecule has 2 saturated heterocycles. The van der Waals surface area contributed by atoms with Crippen molar-refractivity contribution in [1.29, 1.82) is 0 Å². The smallest absolute Gasteiger partial charge is 0.313 e. The Morgan fingerprint density at radius 2 is 2.31 bits per heavy atom. The van der Waals surface area contributed by atoms with Crippen LogP contribution in [0.15, 0.2) is 18.8 Å². The second-order valence-electron chi connectivity index (χ2n) is 7.22. The summed E-state index contributed by atoms with van der Waals surface area (Å²) in [6, 6.07) is -0.859. The third kappa shape index (κ3) is 5.16. The molecule has 2 aliphatic rings. The van der Waals surface area contributed by atoms with Gasteiger partial charge in [-0.25, -0.2) is 4.98 Å². The van der Waals surface area contributed by atoms with Crippen LogP contribution in [0.2, 0.25) is 0 Å². The standard InChI is InChI=1S/C17H16BrN7O6S4/c1-31-24-8(7-10(18)35-15(22-7)19-5-26)11(27)21-9-12(28)25-2-17(14(29)30,3-32-13(9)25)4-33-16-23-20-6-34-16/h5-6,9,13H,2-4H2,1H3,(H,21,27)(H,29,30)(H,19,22,26)/t9?,13-,17?/m1/s1. The van der Waals surface area contributed by atoms with Crippen molar-refractivity contribution in [2.24, 2.45) is 10.6 Å². The van der Waals surface area contributed by atoms with Gasteiger partial charge in [-0.3, -0.25) is 19.2 Å². The number of hydrogen-bond acceptors (Lipinski definition) is 13. The van der Waals surface area contributed by atoms with Gasteiger partial charge in [0.25, 0.3) is 5.91 Å². The largest absolute Gasteiger partial charge is 0.481 e. The highest BCUT2D eigenvalue weighted by Crippen LogP contribution is 2.44. The number of carbonyl (C=O) groups is 4. The second-order valence-corrected chi connectivity index (χ2v) is 12.7. The van der Waals surface area contributed by atoms with Gasteiger partial charge in [0, 0.05) is 18.1 Å². The van der Waals surface area contributed by atoms with Crippen molar-refractivity contribution in [3.8, 4) is 0 Å². The quantitative estimate of drug-likeness (QED) is 0.113. The summed E-state index contributed by atoms with van der Waals surface area (Å²) in [6.07, 6.45) is 0.452. The number of anilines is 1. The molecule has 0 aromatic carbocycles. The average Bonchev–Trinajstić information content (AvgIpc) is 3.49. The van der Waals surface area contributed by atoms with Crippen LogP contribution in [0.3, 0.4) is 0 Å². The molecule has 0 radical (unpaired) electrons. The van der Waals surface area contributed by atoms with E-state index < -0.39 is 28.7 Å². The summed E-state index contributed by atoms with van der Waals surface area (Å²) < 4.78 is 1.09. The molecule has 4 rings (SSSR count). The van der Waals surface area contributed by atoms with E-state index in [1.54, 1.807) is 5.51 Å². The fraction of sp³-hybridized carbons (Fsp3) is 0.412. The number of thioether (sulfide) groups is 2. The molecule has 0 aliphatic carbocycles. The second kappa shape index (κ2) is 10.8. The van der Waals surface area contributed by atoms with Crippen molar-refractivity contribution in [2.45, 2.75) is 15.8 Å². The first-order valence-electron chi connectivity index (χ1n) is 9.63. The summed E-state index contributed by atoms with van der Waals surface area (Å²) in [5, 5.41) is 26.2. The maximum atomic E-state index is 13.0. The molecule has 2 aliphatic heterocycles. The Kier molecular flexibility index (Phi) is 7.94. The summed E-state index contributed by atoms with van der Waals surface area (Å²) in [7, 11) is 1.26. The number of rotatable bonds is 10. The lowest BCUT2D eigenvalue weighted by molar-refractivity contribution is -0.157. The van der Waals surface area contributed by atoms with E-state index >= 15 is 0 Å². The molecule has 35 heavy (non-hydrogen) atoms. The number of fused-ring (bicyclic) bond motifs is 1. The minimum absolute atomic E-state index is 0.0222. The molecule has 0 bridgehead atoms. The highest BCUT2D eigenvalue weighted by Gasteiger charge is 2.57. The number of carboxylic acid groups (broad SMARTS) is 1. The van der Waals surface area contributed by atoms with Crippen LogP contribution in [-0.2, 0) is 24.0 Å². The highest BCUT2D eigenvalue weighted by atomic mass is 79.9. The van der Waals surface area contributed by atoms with Crippen LogP contribution in [-0.4, -0.2) is 91.7 Å². The molecular weight excluding hydrogens is 606 g/mol. The number of carboxylic acids is 1. The molecule has 13 nitrogen and oxygen atoms in total. The van der Waals surface area contributed by atoms with Gasteiger partial charge in [0.2, 0.25) is 12.3 Å². The van der Waals surface area contributed by atoms with E-state index in [1.807, 2.05) is 0 Å². The number of halogens is 1. The Hall–Kier alpha value is -2.28. The minimum Gasteiger partial charge on any atom is -0.481 e. The topological polar surface area (TPSA) is 176 Å². The number of amides is 3. The maximum Gasteiger partial charge on any atom is 0.313 e. The van der Waals surface area contributed by atoms with E-state index in [4.69, 9.17) is 4.84 Å². The van der Waals surface area contributed by atoms with Crippen LogP contribution in [0.25, 0.3) is 0 Å². The van der Waals surface area contributed by atoms with E-state index in [2.05, 4.69) is 46.9 Å². The van der Waals surface area contributed by atoms with Crippen LogP contribution < -0.4 is 10.6 Å². The molecule has 2 unspecified atom stereocenters. The van der Waals surface area contributed by atoms with E-state index in [9.17, 15) is 24.3 Å². The Morgan fingerprint density at radius 3 is 2.97 bits per heavy atom. The first kappa shape index (κ1) is 25.8. The molecule has 18 heteroatoms. The van der Waals surface area contributed by atoms with Crippen molar-refractivity contribution < 1.29 is 29.1 Å². The molecule has 4 heterocycles. The zero-order valence-corrected chi connectivity index (χ0v) is 22.5. The van der Waals surface area contributed by atoms with Crippen molar-refractivity contribution in [3.63, 3.8) is 0 Å². The summed E-state index contributed by atoms with van der Waals surface area (Å²) >= 11 is 8.26. The van der Waals surface area contributed by atoms with Crippen molar-refractivity contribution in [2.75, 3.05) is 30.5 Å². The van der Waals surface area contributed by atoms with Crippen LogP contribution in [0.4, 0.5) is 5.13 Å². The SMILES string of the molecule is CON=C(C(=O)NC1C(=O)N2CC(CSc3nncs3)(C(=O)O)CS[C@H]12)c1nc(NC=O)sc1Br. The predicted octanol–water partition coefficient (Wildman–Crippen LogP) is 0.939. The predicted molar refractivity (Wildman–Crippen MR) is 134 cm³/mol. The summed E-state index contributed by atoms with van der Waals surface area (Å²) in [6.45, 7) is 0.0222. The first-order valence-corrected chi connectivity index (χ1v) is 14.2. The zero-order chi connectivity index (χ0) is 25.2. The van der Waals surface area contributed by atoms with Crippen LogP contribution in [0.5, 0.6) is 0 Å². The van der Waals surface area contributed by atoms with E-state index in [-0.39, 0.29) is 40.5 Å². The zero-order valence-electron chi connectivity index (χ0n) is 17.7. The van der Waals surface area contributed by atoms with Gasteiger partial charge < -0.3 is 25.5 Å². The lowest BCUT2D eigenvalue weighted by Crippen LogP contribution is -2.74. The van der Waals surface area contributed by atoms with Gasteiger partial charge in [0.15, 0.2) is 15.2 Å². The monoisotopic (exact) mass is 621 g/mol. The first-order chi connectivity index (χ1) is 16.8. The van der Waals surface area contributed by atoms with E-state index in [0.29, 0.717) is 14.5 Å². The van der Waals surface area contributed by atoms with Gasteiger partial charge in [0.1, 0.15) is 38.9 Å². The lowest BCUT2D eigenvalue weighted by Gasteiger charge is -2.53. The van der Waals surface area contributed by atoms with Gasteiger partial charge in [-0.2, -0.15) is 0 Å². The molecule has 3 atom stereocenters. The fourth-order valence-electron chi connectivity index (χ4n) is 3.38. The number of aromatic nitrogens is 3. The maximum absolute atomic E-state index is 13.0. The Labute approximate surface area is 222 Å². The Balaban J connectivity index is 1.44. The fourth-order valence-corrected chi connectivity index (χ4v) is 8.12. The Bertz CT molecular complexity index is 1180. The van der Waals surface area contributed by atoms with Gasteiger partial charge in [-0.1, -0.05) is 39.6 Å². The third-order valence-electron chi connectivity index (χ3n) is 5.09. The van der Waals surface area contributed by atoms with E-state index in [1.165, 1.54) is 46.9 Å². The normalized spacial score (nSPS) is 23.8. The number of oxime groups is 1. The molecule has 2 aromatic heterocycles. The van der Waals surface area contributed by atoms with Crippen molar-refractivity contribution in [3.05, 3.63) is 15.0 Å². The molecule has 0 spiro atoms. The minimum atomic E-state index is -1.15.